The van der Waals surface area contributed by atoms with E-state index in [1.54, 1.807) is 0 Å². The Labute approximate surface area is 174 Å². The molecule has 0 spiro atoms. The van der Waals surface area contributed by atoms with Crippen molar-refractivity contribution < 1.29 is 22.3 Å². The highest BCUT2D eigenvalue weighted by Crippen LogP contribution is 2.24. The number of nitrogens with one attached hydrogen (secondary N) is 3. The van der Waals surface area contributed by atoms with Crippen LogP contribution in [0.4, 0.5) is 15.9 Å². The number of hydrogen-bond acceptors (Lipinski definition) is 7. The number of pyridine rings is 1. The summed E-state index contributed by atoms with van der Waals surface area (Å²) in [7, 11) is -2.43. The first-order chi connectivity index (χ1) is 14.4. The maximum absolute atomic E-state index is 13.1. The lowest BCUT2D eigenvalue weighted by molar-refractivity contribution is 0.0937. The molecule has 1 fully saturated rings. The summed E-state index contributed by atoms with van der Waals surface area (Å²) in [6.45, 7) is 3.51. The van der Waals surface area contributed by atoms with Crippen LogP contribution < -0.4 is 20.3 Å². The smallest absolute Gasteiger partial charge is 0.261 e. The summed E-state index contributed by atoms with van der Waals surface area (Å²) in [5.74, 6) is -0.432. The molecule has 0 saturated carbocycles. The van der Waals surface area contributed by atoms with Crippen LogP contribution in [-0.4, -0.2) is 65.7 Å². The standard InChI is InChI=1S/C19H24FN5O4S/c1-29-11-8-22-19(26)17-12-15(13-23-18(17)25-9-6-21-7-10-25)24-30(27,28)16-4-2-14(20)3-5-16/h2-5,12-13,21,24H,6-11H2,1H3,(H,22,26). The molecular weight excluding hydrogens is 413 g/mol. The molecule has 2 heterocycles. The summed E-state index contributed by atoms with van der Waals surface area (Å²) in [5, 5.41) is 5.98. The molecule has 1 amide bonds. The highest BCUT2D eigenvalue weighted by atomic mass is 32.2. The number of benzene rings is 1. The van der Waals surface area contributed by atoms with Crippen molar-refractivity contribution in [3.8, 4) is 0 Å². The third kappa shape index (κ3) is 5.43. The Bertz CT molecular complexity index is 979. The number of rotatable bonds is 8. The van der Waals surface area contributed by atoms with Crippen molar-refractivity contribution in [3.05, 3.63) is 47.9 Å². The van der Waals surface area contributed by atoms with Crippen molar-refractivity contribution in [1.29, 1.82) is 0 Å². The Morgan fingerprint density at radius 2 is 1.97 bits per heavy atom. The first-order valence-electron chi connectivity index (χ1n) is 9.42. The molecule has 1 aliphatic heterocycles. The molecule has 1 aromatic heterocycles. The summed E-state index contributed by atoms with van der Waals surface area (Å²) in [6, 6.07) is 5.91. The first-order valence-corrected chi connectivity index (χ1v) is 10.9. The number of halogens is 1. The van der Waals surface area contributed by atoms with Gasteiger partial charge in [0.15, 0.2) is 0 Å². The lowest BCUT2D eigenvalue weighted by atomic mass is 10.2. The lowest BCUT2D eigenvalue weighted by Gasteiger charge is -2.30. The van der Waals surface area contributed by atoms with Gasteiger partial charge in [-0.2, -0.15) is 0 Å². The van der Waals surface area contributed by atoms with Crippen molar-refractivity contribution in [1.82, 2.24) is 15.6 Å². The van der Waals surface area contributed by atoms with E-state index in [1.165, 1.54) is 31.5 Å². The van der Waals surface area contributed by atoms with Crippen LogP contribution >= 0.6 is 0 Å². The molecule has 3 rings (SSSR count). The third-order valence-corrected chi connectivity index (χ3v) is 5.89. The van der Waals surface area contributed by atoms with Gasteiger partial charge in [-0.05, 0) is 30.3 Å². The monoisotopic (exact) mass is 437 g/mol. The predicted octanol–water partition coefficient (Wildman–Crippen LogP) is 0.807. The maximum Gasteiger partial charge on any atom is 0.261 e. The fourth-order valence-electron chi connectivity index (χ4n) is 3.00. The summed E-state index contributed by atoms with van der Waals surface area (Å²) in [4.78, 5) is 19.0. The van der Waals surface area contributed by atoms with Gasteiger partial charge in [-0.1, -0.05) is 0 Å². The number of methoxy groups -OCH3 is 1. The number of ether oxygens (including phenoxy) is 1. The average molecular weight is 437 g/mol. The lowest BCUT2D eigenvalue weighted by Crippen LogP contribution is -2.44. The summed E-state index contributed by atoms with van der Waals surface area (Å²) in [5.41, 5.74) is 0.391. The molecular formula is C19H24FN5O4S. The zero-order valence-electron chi connectivity index (χ0n) is 16.5. The highest BCUT2D eigenvalue weighted by Gasteiger charge is 2.22. The molecule has 1 aliphatic rings. The molecule has 30 heavy (non-hydrogen) atoms. The van der Waals surface area contributed by atoms with E-state index in [9.17, 15) is 17.6 Å². The van der Waals surface area contributed by atoms with Crippen molar-refractivity contribution in [2.24, 2.45) is 0 Å². The zero-order chi connectivity index (χ0) is 21.6. The van der Waals surface area contributed by atoms with Crippen LogP contribution in [0.1, 0.15) is 10.4 Å². The molecule has 162 valence electrons. The van der Waals surface area contributed by atoms with Crippen LogP contribution in [0.15, 0.2) is 41.4 Å². The number of carbonyl (C=O) groups is 1. The molecule has 0 unspecified atom stereocenters. The van der Waals surface area contributed by atoms with Gasteiger partial charge in [0.25, 0.3) is 15.9 Å². The van der Waals surface area contributed by atoms with Crippen molar-refractivity contribution in [2.75, 3.05) is 56.1 Å². The average Bonchev–Trinajstić information content (AvgIpc) is 2.74. The number of hydrogen-bond donors (Lipinski definition) is 3. The van der Waals surface area contributed by atoms with Crippen LogP contribution in [0.3, 0.4) is 0 Å². The van der Waals surface area contributed by atoms with Crippen molar-refractivity contribution in [2.45, 2.75) is 4.90 Å². The fraction of sp³-hybridized carbons (Fsp3) is 0.368. The second kappa shape index (κ2) is 9.83. The topological polar surface area (TPSA) is 113 Å². The van der Waals surface area contributed by atoms with E-state index < -0.39 is 15.8 Å². The Morgan fingerprint density at radius 3 is 2.63 bits per heavy atom. The van der Waals surface area contributed by atoms with Gasteiger partial charge in [0.1, 0.15) is 11.6 Å². The molecule has 3 N–H and O–H groups in total. The SMILES string of the molecule is COCCNC(=O)c1cc(NS(=O)(=O)c2ccc(F)cc2)cnc1N1CCNCC1. The van der Waals surface area contributed by atoms with E-state index in [2.05, 4.69) is 20.3 Å². The van der Waals surface area contributed by atoms with Crippen LogP contribution in [0.5, 0.6) is 0 Å². The molecule has 1 saturated heterocycles. The number of sulfonamides is 1. The summed E-state index contributed by atoms with van der Waals surface area (Å²) < 4.78 is 45.6. The minimum atomic E-state index is -3.96. The maximum atomic E-state index is 13.1. The Hall–Kier alpha value is -2.76. The minimum Gasteiger partial charge on any atom is -0.383 e. The number of aromatic nitrogens is 1. The quantitative estimate of drug-likeness (QED) is 0.524. The normalized spacial score (nSPS) is 14.4. The van der Waals surface area contributed by atoms with Crippen LogP contribution in [0, 0.1) is 5.82 Å². The number of nitrogens with zero attached hydrogens (tertiary/aromatic N) is 2. The number of carbonyl (C=O) groups excluding carboxylic acids is 1. The molecule has 2 aromatic rings. The van der Waals surface area contributed by atoms with Gasteiger partial charge in [0, 0.05) is 39.8 Å². The van der Waals surface area contributed by atoms with Crippen LogP contribution in [0.25, 0.3) is 0 Å². The van der Waals surface area contributed by atoms with Gasteiger partial charge < -0.3 is 20.3 Å². The molecule has 0 bridgehead atoms. The third-order valence-electron chi connectivity index (χ3n) is 4.50. The fourth-order valence-corrected chi connectivity index (χ4v) is 4.03. The molecule has 0 aliphatic carbocycles. The van der Waals surface area contributed by atoms with E-state index in [4.69, 9.17) is 4.74 Å². The van der Waals surface area contributed by atoms with Gasteiger partial charge in [-0.15, -0.1) is 0 Å². The highest BCUT2D eigenvalue weighted by molar-refractivity contribution is 7.92. The number of amides is 1. The first kappa shape index (κ1) is 21.9. The molecule has 11 heteroatoms. The van der Waals surface area contributed by atoms with E-state index in [0.29, 0.717) is 32.1 Å². The van der Waals surface area contributed by atoms with Crippen molar-refractivity contribution in [3.63, 3.8) is 0 Å². The van der Waals surface area contributed by atoms with Crippen LogP contribution in [0.2, 0.25) is 0 Å². The number of anilines is 2. The summed E-state index contributed by atoms with van der Waals surface area (Å²) >= 11 is 0. The van der Waals surface area contributed by atoms with Gasteiger partial charge in [-0.3, -0.25) is 9.52 Å². The minimum absolute atomic E-state index is 0.0961. The van der Waals surface area contributed by atoms with Crippen molar-refractivity contribution >= 4 is 27.4 Å². The zero-order valence-corrected chi connectivity index (χ0v) is 17.3. The molecule has 0 atom stereocenters. The number of piperazine rings is 1. The largest absolute Gasteiger partial charge is 0.383 e. The molecule has 0 radical (unpaired) electrons. The van der Waals surface area contributed by atoms with Gasteiger partial charge in [-0.25, -0.2) is 17.8 Å². The Kier molecular flexibility index (Phi) is 7.19. The molecule has 9 nitrogen and oxygen atoms in total. The summed E-state index contributed by atoms with van der Waals surface area (Å²) in [6.07, 6.45) is 1.37. The van der Waals surface area contributed by atoms with E-state index in [0.717, 1.165) is 25.2 Å². The van der Waals surface area contributed by atoms with Gasteiger partial charge in [0.2, 0.25) is 0 Å². The van der Waals surface area contributed by atoms with E-state index in [1.807, 2.05) is 4.90 Å². The van der Waals surface area contributed by atoms with Gasteiger partial charge in [0.05, 0.1) is 29.0 Å². The predicted molar refractivity (Wildman–Crippen MR) is 111 cm³/mol. The Morgan fingerprint density at radius 1 is 1.27 bits per heavy atom. The second-order valence-electron chi connectivity index (χ2n) is 6.64. The molecule has 1 aromatic carbocycles. The second-order valence-corrected chi connectivity index (χ2v) is 8.32. The van der Waals surface area contributed by atoms with E-state index >= 15 is 0 Å². The van der Waals surface area contributed by atoms with E-state index in [-0.39, 0.29) is 22.1 Å². The van der Waals surface area contributed by atoms with Gasteiger partial charge >= 0.3 is 0 Å². The Balaban J connectivity index is 1.88. The van der Waals surface area contributed by atoms with Crippen LogP contribution in [-0.2, 0) is 14.8 Å².